The minimum atomic E-state index is -4.25. The number of aliphatic hydroxyl groups is 3. The monoisotopic (exact) mass is 1300 g/mol. The van der Waals surface area contributed by atoms with Crippen LogP contribution in [0.15, 0.2) is 88.7 Å². The van der Waals surface area contributed by atoms with Crippen molar-refractivity contribution in [2.24, 2.45) is 0 Å². The largest absolute Gasteiger partial charge is 0.480 e. The summed E-state index contributed by atoms with van der Waals surface area (Å²) >= 11 is 0. The Bertz CT molecular complexity index is 2870. The minimum absolute atomic E-state index is 0. The van der Waals surface area contributed by atoms with Gasteiger partial charge in [-0.3, -0.25) is 13.9 Å². The summed E-state index contributed by atoms with van der Waals surface area (Å²) in [4.78, 5) is 41.1. The first kappa shape index (κ1) is 56.9. The maximum Gasteiger partial charge on any atom is 0.331 e. The van der Waals surface area contributed by atoms with Crippen molar-refractivity contribution in [2.75, 3.05) is 139 Å². The van der Waals surface area contributed by atoms with Crippen LogP contribution in [-0.4, -0.2) is 214 Å². The molecule has 0 aliphatic carbocycles. The van der Waals surface area contributed by atoms with Crippen molar-refractivity contribution in [1.82, 2.24) is 10.2 Å². The molecule has 0 spiro atoms. The molecule has 0 unspecified atom stereocenters. The van der Waals surface area contributed by atoms with E-state index in [4.69, 9.17) is 71.8 Å². The number of halogens is 4. The van der Waals surface area contributed by atoms with Crippen molar-refractivity contribution in [1.29, 1.82) is 0 Å². The van der Waals surface area contributed by atoms with E-state index in [1.807, 2.05) is 37.3 Å². The molecular formula is C49H80Cl4N2O22S3. The fraction of sp³-hybridized carbons (Fsp3) is 0.551. The van der Waals surface area contributed by atoms with Gasteiger partial charge in [0.05, 0.1) is 91.1 Å². The van der Waals surface area contributed by atoms with Crippen LogP contribution in [-0.2, 0) is 91.5 Å². The van der Waals surface area contributed by atoms with Crippen LogP contribution in [0.4, 0.5) is 0 Å². The van der Waals surface area contributed by atoms with Gasteiger partial charge in [-0.1, -0.05) is 72.6 Å². The van der Waals surface area contributed by atoms with E-state index in [-0.39, 0.29) is 80.8 Å². The lowest BCUT2D eigenvalue weighted by atomic mass is 10.2. The average Bonchev–Trinajstić information content (AvgIpc) is 0.804. The van der Waals surface area contributed by atoms with Crippen LogP contribution in [0.2, 0.25) is 0 Å². The molecule has 464 valence electrons. The molecule has 2 aliphatic rings. The van der Waals surface area contributed by atoms with Crippen molar-refractivity contribution in [3.8, 4) is 0 Å². The second-order valence-corrected chi connectivity index (χ2v) is 20.1. The van der Waals surface area contributed by atoms with Crippen molar-refractivity contribution in [3.05, 3.63) is 95.6 Å². The number of aliphatic hydroxyl groups excluding tert-OH is 1. The van der Waals surface area contributed by atoms with Gasteiger partial charge in [-0.05, 0) is 57.0 Å². The van der Waals surface area contributed by atoms with Gasteiger partial charge in [0, 0.05) is 92.0 Å². The smallest absolute Gasteiger partial charge is 0.331 e. The molecule has 24 nitrogen and oxygen atoms in total. The van der Waals surface area contributed by atoms with Gasteiger partial charge in [0.25, 0.3) is 19.2 Å². The Hall–Kier alpha value is -3.53. The highest BCUT2D eigenvalue weighted by molar-refractivity contribution is 8.26. The third-order valence-electron chi connectivity index (χ3n) is 7.15. The molecule has 6 N–H and O–H groups in total. The summed E-state index contributed by atoms with van der Waals surface area (Å²) < 4.78 is 206. The molecule has 0 amide bonds. The Labute approximate surface area is 515 Å². The number of nitrogens with zero attached hydrogens (tertiary/aromatic N) is 1. The number of aliphatic carboxylic acids is 2. The van der Waals surface area contributed by atoms with Crippen LogP contribution >= 0.6 is 44.5 Å². The lowest BCUT2D eigenvalue weighted by Crippen LogP contribution is -2.35. The molecule has 3 aromatic carbocycles. The van der Waals surface area contributed by atoms with Gasteiger partial charge in [0.15, 0.2) is 5.78 Å². The molecule has 2 saturated heterocycles. The lowest BCUT2D eigenvalue weighted by Gasteiger charge is -2.26. The highest BCUT2D eigenvalue weighted by Gasteiger charge is 2.14. The quantitative estimate of drug-likeness (QED) is 0.0467. The van der Waals surface area contributed by atoms with Crippen molar-refractivity contribution in [3.63, 3.8) is 0 Å². The standard InChI is InChI=1S/C12H18O4S.C11H15NO.C7H7ClO2S.C6H10O4.C4H9NO.C4H6O5.C4H10O3.CH4O.Cl2OS.ClH/c1-3-8-15-9-10-16-17(13,14)12-6-4-11(2)5-7-12;1-2-4-11(5-3-1)10-12-6-8-13-9-7-12;1-6-2-4-7(5-3-6)11(8,9)10;1-5(7)3-10-4-6(8)9-2;1-3-6-4-2-5-1;5-3(6)1-9-2-4(7)8;5-1-3-7-4-2-6;1-2;1-4(2)3;/h4-7H,3,8-10H2,1-2H3;1-5H,6-10H2;2-5H,1H3;3-4H2,1-2H3;5H,1-4H2;1-2H2,(H,5,6)(H,7,8);5-6H,1-4H2;2H,1H3;;1H/i3D2,10D2;6D2,7D2;;;1D2,2D2;;1D2,2D2;;;. The number of ketones is 1. The molecule has 31 heteroatoms. The van der Waals surface area contributed by atoms with Crippen molar-refractivity contribution >= 4 is 96.5 Å². The number of carbonyl (C=O) groups is 4. The zero-order chi connectivity index (χ0) is 75.1. The SMILES string of the molecule is CO.COC(=O)COCC(C)=O.Cc1ccc(S(=O)(=O)Cl)cc1.Cl.O=C(O)COCC(=O)O.O=S(Cl)Cl.[2H]C([2H])(C)COCC([2H])([2H])OS(=O)(=O)c1ccc(C)cc1.[2H]C([2H])(O)COCC([2H])([2H])O.[2H]C1([2H])COCC([2H])([2H])N1.[2H]C1([2H])COCC([2H])([2H])N1Cc1ccccc1. The summed E-state index contributed by atoms with van der Waals surface area (Å²) in [6, 6.07) is 21.5. The van der Waals surface area contributed by atoms with Gasteiger partial charge < -0.3 is 64.0 Å². The van der Waals surface area contributed by atoms with E-state index in [9.17, 15) is 36.0 Å². The van der Waals surface area contributed by atoms with Gasteiger partial charge in [-0.25, -0.2) is 27.0 Å². The molecule has 0 radical (unpaired) electrons. The first-order valence-electron chi connectivity index (χ1n) is 29.7. The topological polar surface area (TPSA) is 344 Å². The van der Waals surface area contributed by atoms with Crippen LogP contribution in [0.3, 0.4) is 0 Å². The number of benzene rings is 3. The second-order valence-electron chi connectivity index (χ2n) is 13.5. The van der Waals surface area contributed by atoms with E-state index in [0.717, 1.165) is 23.8 Å². The van der Waals surface area contributed by atoms with E-state index in [0.29, 0.717) is 0 Å². The summed E-state index contributed by atoms with van der Waals surface area (Å²) in [5.74, 6) is -2.92. The molecule has 5 rings (SSSR count). The number of nitrogens with one attached hydrogen (secondary N) is 1. The number of esters is 1. The number of hydrogen-bond acceptors (Lipinski definition) is 22. The molecule has 0 saturated carbocycles. The van der Waals surface area contributed by atoms with E-state index >= 15 is 0 Å². The summed E-state index contributed by atoms with van der Waals surface area (Å²) in [5.41, 5.74) is 2.77. The maximum atomic E-state index is 11.9. The first-order valence-corrected chi connectivity index (χ1v) is 28.2. The Kier molecular flexibility index (Phi) is 41.7. The number of carbonyl (C=O) groups excluding carboxylic acids is 2. The lowest BCUT2D eigenvalue weighted by molar-refractivity contribution is -0.149. The number of methoxy groups -OCH3 is 1. The number of carboxylic acid groups (broad SMARTS) is 2. The van der Waals surface area contributed by atoms with E-state index in [2.05, 4.69) is 54.5 Å². The molecule has 0 bridgehead atoms. The highest BCUT2D eigenvalue weighted by Crippen LogP contribution is 2.15. The fourth-order valence-corrected chi connectivity index (χ4v) is 5.51. The van der Waals surface area contributed by atoms with E-state index in [1.54, 1.807) is 31.2 Å². The number of ether oxygens (including phenoxy) is 7. The maximum absolute atomic E-state index is 11.9. The molecule has 2 aliphatic heterocycles. The van der Waals surface area contributed by atoms with Gasteiger partial charge >= 0.3 is 17.9 Å². The first-order chi connectivity index (χ1) is 43.0. The number of carboxylic acids is 2. The summed E-state index contributed by atoms with van der Waals surface area (Å²) in [6.07, 6.45) is -1.63. The summed E-state index contributed by atoms with van der Waals surface area (Å²) in [5, 5.41) is 41.8. The van der Waals surface area contributed by atoms with Crippen LogP contribution in [0, 0.1) is 13.8 Å². The molecule has 2 fully saturated rings. The van der Waals surface area contributed by atoms with E-state index in [1.165, 1.54) is 50.1 Å². The van der Waals surface area contributed by atoms with Gasteiger partial charge in [-0.2, -0.15) is 8.42 Å². The minimum Gasteiger partial charge on any atom is -0.480 e. The molecular weight excluding hydrogens is 1210 g/mol. The van der Waals surface area contributed by atoms with Gasteiger partial charge in [0.2, 0.25) is 9.23 Å². The Morgan fingerprint density at radius 3 is 1.54 bits per heavy atom. The Morgan fingerprint density at radius 2 is 1.15 bits per heavy atom. The predicted octanol–water partition coefficient (Wildman–Crippen LogP) is 4.17. The predicted molar refractivity (Wildman–Crippen MR) is 306 cm³/mol. The number of hydrogen-bond donors (Lipinski definition) is 6. The number of morpholine rings is 2. The average molecular weight is 1300 g/mol. The van der Waals surface area contributed by atoms with Crippen LogP contribution in [0.5, 0.6) is 0 Å². The third-order valence-corrected chi connectivity index (χ3v) is 9.71. The Balaban J connectivity index is -0.000000337. The molecule has 0 aromatic heterocycles. The van der Waals surface area contributed by atoms with Gasteiger partial charge in [0.1, 0.15) is 26.4 Å². The Morgan fingerprint density at radius 1 is 0.713 bits per heavy atom. The number of rotatable bonds is 22. The third kappa shape index (κ3) is 62.1. The molecule has 2 heterocycles. The summed E-state index contributed by atoms with van der Waals surface area (Å²) in [6.45, 7) is -12.1. The number of aryl methyl sites for hydroxylation is 2. The van der Waals surface area contributed by atoms with Crippen LogP contribution in [0.1, 0.15) is 58.8 Å². The van der Waals surface area contributed by atoms with Crippen LogP contribution in [0.25, 0.3) is 0 Å². The van der Waals surface area contributed by atoms with Crippen molar-refractivity contribution < 1.29 is 125 Å². The highest BCUT2D eigenvalue weighted by atomic mass is 36.0. The second kappa shape index (κ2) is 58.7. The fourth-order valence-electron chi connectivity index (χ4n) is 3.97. The van der Waals surface area contributed by atoms with Crippen LogP contribution < -0.4 is 5.32 Å². The molecule has 0 atom stereocenters. The normalized spacial score (nSPS) is 18.6. The van der Waals surface area contributed by atoms with E-state index < -0.39 is 131 Å². The van der Waals surface area contributed by atoms with Gasteiger partial charge in [-0.15, -0.1) is 12.4 Å². The zero-order valence-corrected chi connectivity index (χ0v) is 49.6. The number of Topliss-reactive ketones (excluding diaryl/α,β-unsaturated/α-hetero) is 1. The zero-order valence-electron chi connectivity index (χ0n) is 60.1. The molecule has 80 heavy (non-hydrogen) atoms. The van der Waals surface area contributed by atoms with Crippen molar-refractivity contribution in [2.45, 2.75) is 50.4 Å². The summed E-state index contributed by atoms with van der Waals surface area (Å²) in [7, 11) is 6.91. The molecule has 3 aromatic rings.